The van der Waals surface area contributed by atoms with Crippen LogP contribution in [0.5, 0.6) is 0 Å². The molecule has 2 nitrogen and oxygen atoms in total. The van der Waals surface area contributed by atoms with Crippen LogP contribution in [-0.2, 0) is 12.8 Å². The SMILES string of the molecule is CCCCCCC1CCC(CCc2ccc(-c3ccc(CC)nn3)c(F)c2F)CC1. The average Bonchev–Trinajstić information content (AvgIpc) is 2.79. The lowest BCUT2D eigenvalue weighted by Gasteiger charge is -2.28. The average molecular weight is 415 g/mol. The maximum Gasteiger partial charge on any atom is 0.168 e. The van der Waals surface area contributed by atoms with Crippen LogP contribution < -0.4 is 0 Å². The van der Waals surface area contributed by atoms with Gasteiger partial charge in [0.05, 0.1) is 11.4 Å². The first-order valence-electron chi connectivity index (χ1n) is 11.9. The van der Waals surface area contributed by atoms with E-state index in [2.05, 4.69) is 17.1 Å². The molecule has 0 bridgehead atoms. The molecule has 4 heteroatoms. The number of aromatic nitrogens is 2. The summed E-state index contributed by atoms with van der Waals surface area (Å²) in [5, 5.41) is 8.11. The molecule has 1 aliphatic carbocycles. The van der Waals surface area contributed by atoms with E-state index in [4.69, 9.17) is 0 Å². The van der Waals surface area contributed by atoms with Gasteiger partial charge in [-0.15, -0.1) is 0 Å². The predicted molar refractivity (Wildman–Crippen MR) is 119 cm³/mol. The van der Waals surface area contributed by atoms with E-state index in [-0.39, 0.29) is 5.56 Å². The Labute approximate surface area is 180 Å². The summed E-state index contributed by atoms with van der Waals surface area (Å²) in [6.07, 6.45) is 14.2. The molecule has 1 saturated carbocycles. The Morgan fingerprint density at radius 3 is 2.17 bits per heavy atom. The van der Waals surface area contributed by atoms with Gasteiger partial charge in [0.15, 0.2) is 11.6 Å². The molecule has 1 fully saturated rings. The molecule has 3 rings (SSSR count). The number of rotatable bonds is 10. The van der Waals surface area contributed by atoms with Crippen molar-refractivity contribution in [3.8, 4) is 11.3 Å². The van der Waals surface area contributed by atoms with Crippen LogP contribution in [0, 0.1) is 23.5 Å². The molecule has 1 heterocycles. The van der Waals surface area contributed by atoms with Crippen LogP contribution in [0.4, 0.5) is 8.78 Å². The first-order chi connectivity index (χ1) is 14.6. The van der Waals surface area contributed by atoms with Crippen molar-refractivity contribution in [2.75, 3.05) is 0 Å². The van der Waals surface area contributed by atoms with E-state index in [0.717, 1.165) is 24.5 Å². The maximum absolute atomic E-state index is 14.7. The van der Waals surface area contributed by atoms with Crippen LogP contribution in [0.2, 0.25) is 0 Å². The Balaban J connectivity index is 1.51. The van der Waals surface area contributed by atoms with E-state index >= 15 is 0 Å². The lowest BCUT2D eigenvalue weighted by molar-refractivity contribution is 0.248. The zero-order valence-electron chi connectivity index (χ0n) is 18.6. The molecule has 0 atom stereocenters. The molecule has 164 valence electrons. The Hall–Kier alpha value is -1.84. The van der Waals surface area contributed by atoms with Gasteiger partial charge < -0.3 is 0 Å². The number of nitrogens with zero attached hydrogens (tertiary/aromatic N) is 2. The van der Waals surface area contributed by atoms with E-state index in [1.165, 1.54) is 57.8 Å². The second-order valence-electron chi connectivity index (χ2n) is 8.94. The topological polar surface area (TPSA) is 25.8 Å². The fraction of sp³-hybridized carbons (Fsp3) is 0.615. The highest BCUT2D eigenvalue weighted by molar-refractivity contribution is 5.60. The Morgan fingerprint density at radius 1 is 0.800 bits per heavy atom. The van der Waals surface area contributed by atoms with Gasteiger partial charge in [0, 0.05) is 5.56 Å². The third-order valence-corrected chi connectivity index (χ3v) is 6.77. The van der Waals surface area contributed by atoms with Gasteiger partial charge in [-0.05, 0) is 54.9 Å². The minimum Gasteiger partial charge on any atom is -0.203 e. The van der Waals surface area contributed by atoms with Crippen molar-refractivity contribution < 1.29 is 8.78 Å². The lowest BCUT2D eigenvalue weighted by atomic mass is 9.77. The summed E-state index contributed by atoms with van der Waals surface area (Å²) in [6, 6.07) is 6.90. The van der Waals surface area contributed by atoms with Crippen LogP contribution in [0.1, 0.15) is 89.3 Å². The summed E-state index contributed by atoms with van der Waals surface area (Å²) in [4.78, 5) is 0. The summed E-state index contributed by atoms with van der Waals surface area (Å²) in [5.41, 5.74) is 1.89. The minimum absolute atomic E-state index is 0.190. The Bertz CT molecular complexity index is 780. The van der Waals surface area contributed by atoms with Gasteiger partial charge in [0.2, 0.25) is 0 Å². The molecule has 30 heavy (non-hydrogen) atoms. The molecule has 0 unspecified atom stereocenters. The molecular weight excluding hydrogens is 378 g/mol. The zero-order chi connectivity index (χ0) is 21.3. The molecule has 0 amide bonds. The number of benzene rings is 1. The fourth-order valence-electron chi connectivity index (χ4n) is 4.70. The number of hydrogen-bond acceptors (Lipinski definition) is 2. The first-order valence-corrected chi connectivity index (χ1v) is 11.9. The van der Waals surface area contributed by atoms with Gasteiger partial charge in [0.1, 0.15) is 0 Å². The zero-order valence-corrected chi connectivity index (χ0v) is 18.6. The van der Waals surface area contributed by atoms with Crippen molar-refractivity contribution in [2.45, 2.75) is 90.9 Å². The van der Waals surface area contributed by atoms with Gasteiger partial charge in [-0.2, -0.15) is 10.2 Å². The molecule has 1 aliphatic rings. The fourth-order valence-corrected chi connectivity index (χ4v) is 4.70. The van der Waals surface area contributed by atoms with E-state index in [1.54, 1.807) is 18.2 Å². The summed E-state index contributed by atoms with van der Waals surface area (Å²) in [7, 11) is 0. The van der Waals surface area contributed by atoms with Crippen molar-refractivity contribution >= 4 is 0 Å². The summed E-state index contributed by atoms with van der Waals surface area (Å²) in [5.74, 6) is -0.00132. The third-order valence-electron chi connectivity index (χ3n) is 6.77. The van der Waals surface area contributed by atoms with Gasteiger partial charge >= 0.3 is 0 Å². The highest BCUT2D eigenvalue weighted by Gasteiger charge is 2.22. The van der Waals surface area contributed by atoms with Crippen molar-refractivity contribution in [3.63, 3.8) is 0 Å². The standard InChI is InChI=1S/C26H36F2N2/c1-3-5-6-7-8-19-9-11-20(12-10-19)13-14-21-15-17-23(26(28)25(21)27)24-18-16-22(4-2)29-30-24/h15-20H,3-14H2,1-2H3. The molecule has 1 aromatic heterocycles. The van der Waals surface area contributed by atoms with E-state index in [0.29, 0.717) is 23.6 Å². The molecule has 2 aromatic rings. The molecule has 0 aliphatic heterocycles. The Morgan fingerprint density at radius 2 is 1.53 bits per heavy atom. The van der Waals surface area contributed by atoms with Crippen molar-refractivity contribution in [2.24, 2.45) is 11.8 Å². The predicted octanol–water partition coefficient (Wildman–Crippen LogP) is 7.69. The minimum atomic E-state index is -0.804. The smallest absolute Gasteiger partial charge is 0.168 e. The number of unbranched alkanes of at least 4 members (excludes halogenated alkanes) is 3. The van der Waals surface area contributed by atoms with Crippen molar-refractivity contribution in [3.05, 3.63) is 47.2 Å². The quantitative estimate of drug-likeness (QED) is 0.372. The van der Waals surface area contributed by atoms with Gasteiger partial charge in [-0.25, -0.2) is 8.78 Å². The highest BCUT2D eigenvalue weighted by Crippen LogP contribution is 2.35. The van der Waals surface area contributed by atoms with Crippen LogP contribution in [0.25, 0.3) is 11.3 Å². The third kappa shape index (κ3) is 6.09. The number of aryl methyl sites for hydroxylation is 2. The Kier molecular flexibility index (Phi) is 8.77. The largest absolute Gasteiger partial charge is 0.203 e. The second kappa shape index (κ2) is 11.5. The molecule has 1 aromatic carbocycles. The summed E-state index contributed by atoms with van der Waals surface area (Å²) in [6.45, 7) is 4.24. The highest BCUT2D eigenvalue weighted by atomic mass is 19.2. The molecule has 0 N–H and O–H groups in total. The van der Waals surface area contributed by atoms with Crippen LogP contribution >= 0.6 is 0 Å². The molecular formula is C26H36F2N2. The lowest BCUT2D eigenvalue weighted by Crippen LogP contribution is -2.15. The molecule has 0 spiro atoms. The van der Waals surface area contributed by atoms with E-state index in [9.17, 15) is 8.78 Å². The van der Waals surface area contributed by atoms with Gasteiger partial charge in [-0.3, -0.25) is 0 Å². The van der Waals surface area contributed by atoms with Crippen LogP contribution in [-0.4, -0.2) is 10.2 Å². The second-order valence-corrected chi connectivity index (χ2v) is 8.94. The summed E-state index contributed by atoms with van der Waals surface area (Å²) >= 11 is 0. The monoisotopic (exact) mass is 414 g/mol. The van der Waals surface area contributed by atoms with Crippen molar-refractivity contribution in [1.29, 1.82) is 0 Å². The van der Waals surface area contributed by atoms with Crippen LogP contribution in [0.15, 0.2) is 24.3 Å². The van der Waals surface area contributed by atoms with E-state index in [1.807, 2.05) is 13.0 Å². The van der Waals surface area contributed by atoms with Crippen molar-refractivity contribution in [1.82, 2.24) is 10.2 Å². The maximum atomic E-state index is 14.7. The number of halogens is 2. The summed E-state index contributed by atoms with van der Waals surface area (Å²) < 4.78 is 29.4. The molecule has 0 radical (unpaired) electrons. The van der Waals surface area contributed by atoms with E-state index < -0.39 is 11.6 Å². The number of hydrogen-bond donors (Lipinski definition) is 0. The van der Waals surface area contributed by atoms with Gasteiger partial charge in [-0.1, -0.05) is 77.7 Å². The molecule has 0 saturated heterocycles. The normalized spacial score (nSPS) is 19.2. The first kappa shape index (κ1) is 22.8. The van der Waals surface area contributed by atoms with Crippen LogP contribution in [0.3, 0.4) is 0 Å². The van der Waals surface area contributed by atoms with Gasteiger partial charge in [0.25, 0.3) is 0 Å².